The van der Waals surface area contributed by atoms with Crippen LogP contribution in [0.25, 0.3) is 0 Å². The summed E-state index contributed by atoms with van der Waals surface area (Å²) in [6.45, 7) is 1.98. The molecule has 0 atom stereocenters. The van der Waals surface area contributed by atoms with Crippen molar-refractivity contribution in [2.45, 2.75) is 32.2 Å². The van der Waals surface area contributed by atoms with Gasteiger partial charge in [-0.25, -0.2) is 0 Å². The van der Waals surface area contributed by atoms with E-state index in [0.29, 0.717) is 6.42 Å². The maximum atomic E-state index is 9.59. The van der Waals surface area contributed by atoms with Crippen molar-refractivity contribution in [2.24, 2.45) is 0 Å². The molecular weight excluding hydrogens is 280 g/mol. The lowest BCUT2D eigenvalue weighted by atomic mass is 10.1. The third-order valence-corrected chi connectivity index (χ3v) is 6.24. The summed E-state index contributed by atoms with van der Waals surface area (Å²) in [4.78, 5) is 0. The number of aliphatic hydroxyl groups is 1. The van der Waals surface area contributed by atoms with Gasteiger partial charge >= 0.3 is 0 Å². The van der Waals surface area contributed by atoms with Crippen LogP contribution in [0.15, 0.2) is 0 Å². The van der Waals surface area contributed by atoms with E-state index >= 15 is 0 Å². The Labute approximate surface area is 112 Å². The summed E-state index contributed by atoms with van der Waals surface area (Å²) in [5, 5.41) is 9.59. The van der Waals surface area contributed by atoms with Crippen LogP contribution in [0, 0.1) is 0 Å². The first-order valence-electron chi connectivity index (χ1n) is 3.63. The van der Waals surface area contributed by atoms with Crippen LogP contribution in [-0.4, -0.2) is 17.5 Å². The molecule has 13 heavy (non-hydrogen) atoms. The molecule has 0 amide bonds. The molecule has 0 rings (SSSR count). The van der Waals surface area contributed by atoms with Crippen LogP contribution in [0.5, 0.6) is 0 Å². The van der Waals surface area contributed by atoms with Gasteiger partial charge in [0, 0.05) is 0 Å². The van der Waals surface area contributed by atoms with E-state index < -0.39 is 12.4 Å². The summed E-state index contributed by atoms with van der Waals surface area (Å²) in [7, 11) is 0. The highest BCUT2D eigenvalue weighted by Crippen LogP contribution is 2.53. The Morgan fingerprint density at radius 3 is 1.62 bits per heavy atom. The van der Waals surface area contributed by atoms with Crippen LogP contribution in [0.2, 0.25) is 0 Å². The normalized spacial score (nSPS) is 14.8. The molecule has 0 saturated carbocycles. The first kappa shape index (κ1) is 15.1. The monoisotopic (exact) mass is 294 g/mol. The van der Waals surface area contributed by atoms with Crippen molar-refractivity contribution in [3.8, 4) is 0 Å². The standard InChI is InChI=1S/C6H14OS6/c1-2-3-4(8,9)5(10,11)6(7,12)13/h7-13H,2-3H2,1H3. The lowest BCUT2D eigenvalue weighted by molar-refractivity contribution is 0.215. The predicted molar refractivity (Wildman–Crippen MR) is 79.2 cm³/mol. The molecule has 0 aromatic carbocycles. The Morgan fingerprint density at radius 2 is 1.38 bits per heavy atom. The van der Waals surface area contributed by atoms with Crippen molar-refractivity contribution in [1.29, 1.82) is 0 Å². The molecule has 0 saturated heterocycles. The van der Waals surface area contributed by atoms with Gasteiger partial charge in [0.1, 0.15) is 4.08 Å². The third-order valence-electron chi connectivity index (χ3n) is 1.62. The predicted octanol–water partition coefficient (Wildman–Crippen LogP) is 2.40. The highest BCUT2D eigenvalue weighted by molar-refractivity contribution is 8.11. The lowest BCUT2D eigenvalue weighted by Gasteiger charge is -2.44. The second-order valence-corrected chi connectivity index (χ2v) is 8.10. The number of rotatable bonds is 4. The molecule has 7 heteroatoms. The molecule has 0 aromatic rings. The van der Waals surface area contributed by atoms with Crippen molar-refractivity contribution in [3.63, 3.8) is 0 Å². The second-order valence-electron chi connectivity index (χ2n) is 2.87. The van der Waals surface area contributed by atoms with E-state index in [0.717, 1.165) is 6.42 Å². The minimum atomic E-state index is -1.65. The molecule has 0 unspecified atom stereocenters. The number of hydrogen-bond donors (Lipinski definition) is 7. The van der Waals surface area contributed by atoms with E-state index in [1.165, 1.54) is 0 Å². The molecule has 0 radical (unpaired) electrons. The maximum absolute atomic E-state index is 9.59. The molecule has 0 aromatic heterocycles. The van der Waals surface area contributed by atoms with Crippen molar-refractivity contribution in [1.82, 2.24) is 0 Å². The molecular formula is C6H14OS6. The zero-order valence-corrected chi connectivity index (χ0v) is 12.4. The Kier molecular flexibility index (Phi) is 5.71. The van der Waals surface area contributed by atoms with Gasteiger partial charge in [-0.05, 0) is 6.42 Å². The molecule has 0 heterocycles. The van der Waals surface area contributed by atoms with Gasteiger partial charge in [-0.15, -0.1) is 25.3 Å². The lowest BCUT2D eigenvalue weighted by Crippen LogP contribution is -2.50. The van der Waals surface area contributed by atoms with E-state index in [9.17, 15) is 5.11 Å². The third kappa shape index (κ3) is 3.53. The molecule has 1 N–H and O–H groups in total. The SMILES string of the molecule is CCCC(S)(S)C(S)(S)C(O)(S)S. The van der Waals surface area contributed by atoms with Gasteiger partial charge in [0.25, 0.3) is 0 Å². The Balaban J connectivity index is 4.81. The average molecular weight is 295 g/mol. The van der Waals surface area contributed by atoms with Crippen LogP contribution < -0.4 is 0 Å². The molecule has 0 fully saturated rings. The molecule has 0 spiro atoms. The van der Waals surface area contributed by atoms with Crippen LogP contribution in [0.1, 0.15) is 19.8 Å². The highest BCUT2D eigenvalue weighted by atomic mass is 32.2. The fourth-order valence-electron chi connectivity index (χ4n) is 0.791. The van der Waals surface area contributed by atoms with Crippen molar-refractivity contribution in [2.75, 3.05) is 0 Å². The Hall–Kier alpha value is 2.06. The average Bonchev–Trinajstić information content (AvgIpc) is 1.84. The zero-order chi connectivity index (χ0) is 10.9. The summed E-state index contributed by atoms with van der Waals surface area (Å²) in [5.41, 5.74) is 0. The fraction of sp³-hybridized carbons (Fsp3) is 1.00. The molecule has 80 valence electrons. The highest BCUT2D eigenvalue weighted by Gasteiger charge is 2.52. The smallest absolute Gasteiger partial charge is 0.177 e. The second kappa shape index (κ2) is 4.93. The summed E-state index contributed by atoms with van der Waals surface area (Å²) in [6.07, 6.45) is 1.49. The van der Waals surface area contributed by atoms with Gasteiger partial charge in [-0.1, -0.05) is 13.3 Å². The Morgan fingerprint density at radius 1 is 1.00 bits per heavy atom. The van der Waals surface area contributed by atoms with Gasteiger partial charge in [0.05, 0.1) is 4.08 Å². The summed E-state index contributed by atoms with van der Waals surface area (Å²) < 4.78 is -3.72. The zero-order valence-electron chi connectivity index (χ0n) is 7.04. The van der Waals surface area contributed by atoms with Gasteiger partial charge in [-0.3, -0.25) is 0 Å². The molecule has 0 aliphatic rings. The molecule has 0 aliphatic heterocycles. The van der Waals surface area contributed by atoms with E-state index in [1.807, 2.05) is 6.92 Å². The quantitative estimate of drug-likeness (QED) is 0.314. The van der Waals surface area contributed by atoms with Crippen LogP contribution in [0.4, 0.5) is 0 Å². The summed E-state index contributed by atoms with van der Waals surface area (Å²) >= 11 is 24.8. The van der Waals surface area contributed by atoms with E-state index in [2.05, 4.69) is 75.8 Å². The first-order chi connectivity index (χ1) is 5.56. The van der Waals surface area contributed by atoms with Gasteiger partial charge < -0.3 is 5.11 Å². The van der Waals surface area contributed by atoms with Crippen LogP contribution in [-0.2, 0) is 0 Å². The molecule has 1 nitrogen and oxygen atoms in total. The van der Waals surface area contributed by atoms with E-state index in [4.69, 9.17) is 0 Å². The fourth-order valence-corrected chi connectivity index (χ4v) is 2.52. The van der Waals surface area contributed by atoms with E-state index in [-0.39, 0.29) is 0 Å². The number of hydrogen-bond acceptors (Lipinski definition) is 7. The van der Waals surface area contributed by atoms with Gasteiger partial charge in [-0.2, -0.15) is 50.5 Å². The first-order valence-corrected chi connectivity index (χ1v) is 6.31. The topological polar surface area (TPSA) is 20.2 Å². The van der Waals surface area contributed by atoms with E-state index in [1.54, 1.807) is 0 Å². The van der Waals surface area contributed by atoms with Crippen molar-refractivity contribution in [3.05, 3.63) is 0 Å². The number of thiol groups is 6. The molecule has 0 bridgehead atoms. The largest absolute Gasteiger partial charge is 0.369 e. The van der Waals surface area contributed by atoms with Crippen molar-refractivity contribution < 1.29 is 5.11 Å². The Bertz CT molecular complexity index is 172. The van der Waals surface area contributed by atoms with Gasteiger partial charge in [0.2, 0.25) is 0 Å². The minimum absolute atomic E-state index is 0.635. The van der Waals surface area contributed by atoms with Crippen LogP contribution in [0.3, 0.4) is 0 Å². The minimum Gasteiger partial charge on any atom is -0.369 e. The summed E-state index contributed by atoms with van der Waals surface area (Å²) in [5.74, 6) is 0. The van der Waals surface area contributed by atoms with Crippen molar-refractivity contribution >= 4 is 75.8 Å². The molecule has 0 aliphatic carbocycles. The maximum Gasteiger partial charge on any atom is 0.177 e. The van der Waals surface area contributed by atoms with Gasteiger partial charge in [0.15, 0.2) is 4.27 Å². The van der Waals surface area contributed by atoms with Crippen LogP contribution >= 0.6 is 75.8 Å². The summed E-state index contributed by atoms with van der Waals surface area (Å²) in [6, 6.07) is 0.